The van der Waals surface area contributed by atoms with Crippen molar-refractivity contribution in [2.45, 2.75) is 32.8 Å². The molecule has 12 heavy (non-hydrogen) atoms. The van der Waals surface area contributed by atoms with E-state index >= 15 is 0 Å². The summed E-state index contributed by atoms with van der Waals surface area (Å²) in [4.78, 5) is 13.0. The van der Waals surface area contributed by atoms with Gasteiger partial charge in [0, 0.05) is 25.4 Å². The second-order valence-electron chi connectivity index (χ2n) is 3.39. The highest BCUT2D eigenvalue weighted by molar-refractivity contribution is 5.76. The van der Waals surface area contributed by atoms with Gasteiger partial charge in [0.25, 0.3) is 0 Å². The topological polar surface area (TPSA) is 40.5 Å². The summed E-state index contributed by atoms with van der Waals surface area (Å²) in [5, 5.41) is 9.51. The molecule has 1 rings (SSSR count). The zero-order chi connectivity index (χ0) is 9.14. The van der Waals surface area contributed by atoms with Crippen molar-refractivity contribution in [1.29, 1.82) is 0 Å². The van der Waals surface area contributed by atoms with E-state index in [1.54, 1.807) is 4.90 Å². The van der Waals surface area contributed by atoms with Gasteiger partial charge in [-0.15, -0.1) is 0 Å². The number of hydrogen-bond acceptors (Lipinski definition) is 2. The standard InChI is InChI=1S/C9H17NO2/c1-3-7-5-10(6-8(7)11)9(12)4-2/h7-8,11H,3-6H2,1-2H3. The summed E-state index contributed by atoms with van der Waals surface area (Å²) in [6.07, 6.45) is 1.20. The summed E-state index contributed by atoms with van der Waals surface area (Å²) in [5.74, 6) is 0.450. The number of amides is 1. The molecule has 0 aromatic carbocycles. The number of nitrogens with zero attached hydrogens (tertiary/aromatic N) is 1. The van der Waals surface area contributed by atoms with Crippen molar-refractivity contribution >= 4 is 5.91 Å². The van der Waals surface area contributed by atoms with E-state index in [9.17, 15) is 9.90 Å². The molecule has 3 heteroatoms. The maximum atomic E-state index is 11.2. The molecule has 1 heterocycles. The van der Waals surface area contributed by atoms with Gasteiger partial charge in [-0.3, -0.25) is 4.79 Å². The third-order valence-corrected chi connectivity index (χ3v) is 2.59. The molecule has 3 nitrogen and oxygen atoms in total. The van der Waals surface area contributed by atoms with Gasteiger partial charge >= 0.3 is 0 Å². The van der Waals surface area contributed by atoms with Gasteiger partial charge in [-0.25, -0.2) is 0 Å². The van der Waals surface area contributed by atoms with Crippen LogP contribution in [0.25, 0.3) is 0 Å². The Kier molecular flexibility index (Phi) is 3.09. The van der Waals surface area contributed by atoms with Crippen molar-refractivity contribution in [1.82, 2.24) is 4.90 Å². The summed E-state index contributed by atoms with van der Waals surface area (Å²) >= 11 is 0. The molecule has 70 valence electrons. The largest absolute Gasteiger partial charge is 0.391 e. The molecule has 1 aliphatic rings. The molecule has 0 aromatic heterocycles. The van der Waals surface area contributed by atoms with Gasteiger partial charge in [-0.2, -0.15) is 0 Å². The zero-order valence-electron chi connectivity index (χ0n) is 7.79. The number of carbonyl (C=O) groups excluding carboxylic acids is 1. The Morgan fingerprint density at radius 2 is 2.17 bits per heavy atom. The van der Waals surface area contributed by atoms with Crippen LogP contribution in [0, 0.1) is 5.92 Å². The Morgan fingerprint density at radius 1 is 1.50 bits per heavy atom. The smallest absolute Gasteiger partial charge is 0.222 e. The minimum absolute atomic E-state index is 0.157. The molecule has 1 saturated heterocycles. The summed E-state index contributed by atoms with van der Waals surface area (Å²) in [6, 6.07) is 0. The second kappa shape index (κ2) is 3.90. The molecule has 1 fully saturated rings. The molecule has 1 aliphatic heterocycles. The van der Waals surface area contributed by atoms with Crippen LogP contribution >= 0.6 is 0 Å². The molecule has 0 aromatic rings. The summed E-state index contributed by atoms with van der Waals surface area (Å²) in [5.41, 5.74) is 0. The summed E-state index contributed by atoms with van der Waals surface area (Å²) in [6.45, 7) is 5.18. The van der Waals surface area contributed by atoms with Gasteiger partial charge in [-0.1, -0.05) is 13.8 Å². The average Bonchev–Trinajstić information content (AvgIpc) is 2.45. The SMILES string of the molecule is CCC(=O)N1CC(O)C(CC)C1. The first-order valence-corrected chi connectivity index (χ1v) is 4.64. The van der Waals surface area contributed by atoms with E-state index in [4.69, 9.17) is 0 Å². The Morgan fingerprint density at radius 3 is 2.58 bits per heavy atom. The van der Waals surface area contributed by atoms with Gasteiger partial charge in [-0.05, 0) is 6.42 Å². The van der Waals surface area contributed by atoms with Crippen molar-refractivity contribution in [3.8, 4) is 0 Å². The molecule has 2 unspecified atom stereocenters. The third kappa shape index (κ3) is 1.78. The fourth-order valence-corrected chi connectivity index (χ4v) is 1.68. The van der Waals surface area contributed by atoms with Crippen molar-refractivity contribution in [2.75, 3.05) is 13.1 Å². The highest BCUT2D eigenvalue weighted by atomic mass is 16.3. The van der Waals surface area contributed by atoms with E-state index in [2.05, 4.69) is 0 Å². The van der Waals surface area contributed by atoms with E-state index in [0.717, 1.165) is 13.0 Å². The lowest BCUT2D eigenvalue weighted by Gasteiger charge is -2.13. The normalized spacial score (nSPS) is 29.4. The highest BCUT2D eigenvalue weighted by Crippen LogP contribution is 2.20. The molecule has 2 atom stereocenters. The monoisotopic (exact) mass is 171 g/mol. The number of carbonyl (C=O) groups is 1. The third-order valence-electron chi connectivity index (χ3n) is 2.59. The fraction of sp³-hybridized carbons (Fsp3) is 0.889. The van der Waals surface area contributed by atoms with Crippen LogP contribution in [0.1, 0.15) is 26.7 Å². The van der Waals surface area contributed by atoms with Crippen LogP contribution < -0.4 is 0 Å². The first kappa shape index (κ1) is 9.52. The van der Waals surface area contributed by atoms with Crippen molar-refractivity contribution in [2.24, 2.45) is 5.92 Å². The Labute approximate surface area is 73.4 Å². The Balaban J connectivity index is 2.48. The van der Waals surface area contributed by atoms with Crippen molar-refractivity contribution in [3.63, 3.8) is 0 Å². The number of likely N-dealkylation sites (tertiary alicyclic amines) is 1. The first-order chi connectivity index (χ1) is 5.69. The predicted molar refractivity (Wildman–Crippen MR) is 46.7 cm³/mol. The summed E-state index contributed by atoms with van der Waals surface area (Å²) in [7, 11) is 0. The van der Waals surface area contributed by atoms with Crippen molar-refractivity contribution in [3.05, 3.63) is 0 Å². The number of aliphatic hydroxyl groups is 1. The van der Waals surface area contributed by atoms with E-state index in [1.165, 1.54) is 0 Å². The maximum Gasteiger partial charge on any atom is 0.222 e. The number of rotatable bonds is 2. The fourth-order valence-electron chi connectivity index (χ4n) is 1.68. The van der Waals surface area contributed by atoms with Gasteiger partial charge < -0.3 is 10.0 Å². The van der Waals surface area contributed by atoms with Crippen LogP contribution in [0.4, 0.5) is 0 Å². The van der Waals surface area contributed by atoms with Crippen LogP contribution in [0.15, 0.2) is 0 Å². The van der Waals surface area contributed by atoms with Gasteiger partial charge in [0.15, 0.2) is 0 Å². The summed E-state index contributed by atoms with van der Waals surface area (Å²) < 4.78 is 0. The number of hydrogen-bond donors (Lipinski definition) is 1. The minimum Gasteiger partial charge on any atom is -0.391 e. The van der Waals surface area contributed by atoms with Gasteiger partial charge in [0.05, 0.1) is 6.10 Å². The van der Waals surface area contributed by atoms with Gasteiger partial charge in [0.2, 0.25) is 5.91 Å². The van der Waals surface area contributed by atoms with E-state index < -0.39 is 0 Å². The first-order valence-electron chi connectivity index (χ1n) is 4.64. The van der Waals surface area contributed by atoms with E-state index in [1.807, 2.05) is 13.8 Å². The van der Waals surface area contributed by atoms with E-state index in [0.29, 0.717) is 18.9 Å². The van der Waals surface area contributed by atoms with E-state index in [-0.39, 0.29) is 12.0 Å². The molecular formula is C9H17NO2. The van der Waals surface area contributed by atoms with Crippen LogP contribution in [0.2, 0.25) is 0 Å². The molecule has 0 aliphatic carbocycles. The molecule has 0 radical (unpaired) electrons. The Hall–Kier alpha value is -0.570. The zero-order valence-corrected chi connectivity index (χ0v) is 7.79. The maximum absolute atomic E-state index is 11.2. The lowest BCUT2D eigenvalue weighted by atomic mass is 10.0. The molecule has 0 spiro atoms. The molecule has 0 saturated carbocycles. The van der Waals surface area contributed by atoms with Crippen LogP contribution in [-0.4, -0.2) is 35.1 Å². The minimum atomic E-state index is -0.300. The lowest BCUT2D eigenvalue weighted by molar-refractivity contribution is -0.130. The predicted octanol–water partition coefficient (Wildman–Crippen LogP) is 0.626. The number of β-amino-alcohol motifs (C(OH)–C–C–N with tert-alkyl or cyclic N) is 1. The van der Waals surface area contributed by atoms with Crippen molar-refractivity contribution < 1.29 is 9.90 Å². The van der Waals surface area contributed by atoms with Crippen LogP contribution in [0.5, 0.6) is 0 Å². The van der Waals surface area contributed by atoms with Crippen LogP contribution in [0.3, 0.4) is 0 Å². The quantitative estimate of drug-likeness (QED) is 0.662. The van der Waals surface area contributed by atoms with Gasteiger partial charge in [0.1, 0.15) is 0 Å². The second-order valence-corrected chi connectivity index (χ2v) is 3.39. The Bertz CT molecular complexity index is 170. The van der Waals surface area contributed by atoms with Crippen LogP contribution in [-0.2, 0) is 4.79 Å². The lowest BCUT2D eigenvalue weighted by Crippen LogP contribution is -2.28. The number of aliphatic hydroxyl groups excluding tert-OH is 1. The molecular weight excluding hydrogens is 154 g/mol. The average molecular weight is 171 g/mol. The molecule has 1 N–H and O–H groups in total. The molecule has 1 amide bonds. The highest BCUT2D eigenvalue weighted by Gasteiger charge is 2.31. The molecule has 0 bridgehead atoms.